The number of hydrogen-bond donors (Lipinski definition) is 2. The second-order valence-electron chi connectivity index (χ2n) is 6.18. The molecule has 0 aliphatic rings. The molecular formula is C19H23N3O3. The van der Waals surface area contributed by atoms with Gasteiger partial charge in [0.15, 0.2) is 0 Å². The number of amides is 2. The fourth-order valence-electron chi connectivity index (χ4n) is 2.11. The fraction of sp³-hybridized carbons (Fsp3) is 0.316. The van der Waals surface area contributed by atoms with Crippen molar-refractivity contribution in [2.75, 3.05) is 5.32 Å². The summed E-state index contributed by atoms with van der Waals surface area (Å²) in [5.74, 6) is 0.0510. The number of pyridine rings is 1. The van der Waals surface area contributed by atoms with E-state index in [9.17, 15) is 9.59 Å². The molecule has 0 saturated heterocycles. The topological polar surface area (TPSA) is 80.3 Å². The van der Waals surface area contributed by atoms with Crippen LogP contribution >= 0.6 is 0 Å². The number of ether oxygens (including phenoxy) is 1. The van der Waals surface area contributed by atoms with Crippen molar-refractivity contribution in [3.05, 3.63) is 53.9 Å². The van der Waals surface area contributed by atoms with Crippen LogP contribution in [-0.4, -0.2) is 28.9 Å². The van der Waals surface area contributed by atoms with Gasteiger partial charge in [-0.3, -0.25) is 9.59 Å². The highest BCUT2D eigenvalue weighted by atomic mass is 16.5. The molecule has 132 valence electrons. The lowest BCUT2D eigenvalue weighted by molar-refractivity contribution is 0.0938. The number of benzene rings is 1. The van der Waals surface area contributed by atoms with E-state index in [1.54, 1.807) is 42.5 Å². The van der Waals surface area contributed by atoms with Crippen LogP contribution in [-0.2, 0) is 0 Å². The third-order valence-electron chi connectivity index (χ3n) is 3.12. The molecule has 0 unspecified atom stereocenters. The fourth-order valence-corrected chi connectivity index (χ4v) is 2.11. The van der Waals surface area contributed by atoms with Gasteiger partial charge in [0.25, 0.3) is 11.8 Å². The van der Waals surface area contributed by atoms with E-state index in [4.69, 9.17) is 4.74 Å². The van der Waals surface area contributed by atoms with Gasteiger partial charge < -0.3 is 15.4 Å². The number of anilines is 1. The minimum Gasteiger partial charge on any atom is -0.491 e. The first-order valence-electron chi connectivity index (χ1n) is 8.21. The highest BCUT2D eigenvalue weighted by Gasteiger charge is 2.13. The Bertz CT molecular complexity index is 740. The van der Waals surface area contributed by atoms with Crippen molar-refractivity contribution in [3.8, 4) is 5.75 Å². The van der Waals surface area contributed by atoms with Crippen molar-refractivity contribution in [2.24, 2.45) is 0 Å². The highest BCUT2D eigenvalue weighted by Crippen LogP contribution is 2.17. The van der Waals surface area contributed by atoms with Gasteiger partial charge in [0.2, 0.25) is 0 Å². The summed E-state index contributed by atoms with van der Waals surface area (Å²) in [6, 6.07) is 11.9. The SMILES string of the molecule is CC(C)NC(=O)c1cccc(C(=O)Nc2ccc(OC(C)C)cc2)n1. The molecule has 2 rings (SSSR count). The average Bonchev–Trinajstić information content (AvgIpc) is 2.55. The predicted molar refractivity (Wildman–Crippen MR) is 97.0 cm³/mol. The predicted octanol–water partition coefficient (Wildman–Crippen LogP) is 3.26. The van der Waals surface area contributed by atoms with Gasteiger partial charge in [-0.2, -0.15) is 0 Å². The first-order chi connectivity index (χ1) is 11.8. The lowest BCUT2D eigenvalue weighted by atomic mass is 10.2. The van der Waals surface area contributed by atoms with Gasteiger partial charge in [-0.25, -0.2) is 4.98 Å². The van der Waals surface area contributed by atoms with Gasteiger partial charge in [-0.15, -0.1) is 0 Å². The van der Waals surface area contributed by atoms with Gasteiger partial charge in [-0.1, -0.05) is 6.07 Å². The number of nitrogens with one attached hydrogen (secondary N) is 2. The quantitative estimate of drug-likeness (QED) is 0.845. The molecular weight excluding hydrogens is 318 g/mol. The van der Waals surface area contributed by atoms with Crippen molar-refractivity contribution in [1.29, 1.82) is 0 Å². The molecule has 6 nitrogen and oxygen atoms in total. The van der Waals surface area contributed by atoms with Crippen molar-refractivity contribution in [1.82, 2.24) is 10.3 Å². The standard InChI is InChI=1S/C19H23N3O3/c1-12(2)20-18(23)16-6-5-7-17(22-16)19(24)21-14-8-10-15(11-9-14)25-13(3)4/h5-13H,1-4H3,(H,20,23)(H,21,24). The van der Waals surface area contributed by atoms with E-state index in [2.05, 4.69) is 15.6 Å². The maximum Gasteiger partial charge on any atom is 0.274 e. The van der Waals surface area contributed by atoms with E-state index in [1.165, 1.54) is 0 Å². The van der Waals surface area contributed by atoms with E-state index in [1.807, 2.05) is 27.7 Å². The zero-order chi connectivity index (χ0) is 18.4. The Morgan fingerprint density at radius 3 is 2.08 bits per heavy atom. The van der Waals surface area contributed by atoms with Crippen LogP contribution in [0.4, 0.5) is 5.69 Å². The zero-order valence-corrected chi connectivity index (χ0v) is 14.9. The lowest BCUT2D eigenvalue weighted by Gasteiger charge is -2.11. The monoisotopic (exact) mass is 341 g/mol. The van der Waals surface area contributed by atoms with E-state index in [-0.39, 0.29) is 35.3 Å². The largest absolute Gasteiger partial charge is 0.491 e. The van der Waals surface area contributed by atoms with E-state index >= 15 is 0 Å². The van der Waals surface area contributed by atoms with Crippen LogP contribution in [0.25, 0.3) is 0 Å². The molecule has 1 aromatic carbocycles. The Morgan fingerprint density at radius 2 is 1.52 bits per heavy atom. The molecule has 6 heteroatoms. The number of carbonyl (C=O) groups excluding carboxylic acids is 2. The molecule has 2 N–H and O–H groups in total. The maximum atomic E-state index is 12.3. The van der Waals surface area contributed by atoms with Crippen molar-refractivity contribution in [2.45, 2.75) is 39.8 Å². The van der Waals surface area contributed by atoms with E-state index in [0.717, 1.165) is 5.75 Å². The first-order valence-corrected chi connectivity index (χ1v) is 8.21. The molecule has 0 radical (unpaired) electrons. The molecule has 0 fully saturated rings. The van der Waals surface area contributed by atoms with Crippen LogP contribution < -0.4 is 15.4 Å². The number of hydrogen-bond acceptors (Lipinski definition) is 4. The molecule has 2 amide bonds. The molecule has 0 aliphatic heterocycles. The van der Waals surface area contributed by atoms with Crippen LogP contribution in [0.2, 0.25) is 0 Å². The van der Waals surface area contributed by atoms with Gasteiger partial charge in [-0.05, 0) is 64.1 Å². The third kappa shape index (κ3) is 5.60. The molecule has 1 aromatic heterocycles. The van der Waals surface area contributed by atoms with Crippen LogP contribution in [0.3, 0.4) is 0 Å². The molecule has 0 aliphatic carbocycles. The van der Waals surface area contributed by atoms with Crippen molar-refractivity contribution in [3.63, 3.8) is 0 Å². The molecule has 1 heterocycles. The normalized spacial score (nSPS) is 10.6. The molecule has 2 aromatic rings. The maximum absolute atomic E-state index is 12.3. The second-order valence-corrected chi connectivity index (χ2v) is 6.18. The number of rotatable bonds is 6. The summed E-state index contributed by atoms with van der Waals surface area (Å²) in [5, 5.41) is 5.51. The Hall–Kier alpha value is -2.89. The first kappa shape index (κ1) is 18.4. The number of carbonyl (C=O) groups is 2. The number of aromatic nitrogens is 1. The molecule has 0 spiro atoms. The average molecular weight is 341 g/mol. The Balaban J connectivity index is 2.06. The van der Waals surface area contributed by atoms with Crippen LogP contribution in [0.1, 0.15) is 48.7 Å². The lowest BCUT2D eigenvalue weighted by Crippen LogP contribution is -2.31. The summed E-state index contributed by atoms with van der Waals surface area (Å²) in [6.45, 7) is 7.62. The van der Waals surface area contributed by atoms with Gasteiger partial charge >= 0.3 is 0 Å². The smallest absolute Gasteiger partial charge is 0.274 e. The third-order valence-corrected chi connectivity index (χ3v) is 3.12. The van der Waals surface area contributed by atoms with E-state index in [0.29, 0.717) is 5.69 Å². The Morgan fingerprint density at radius 1 is 0.920 bits per heavy atom. The molecule has 0 bridgehead atoms. The molecule has 25 heavy (non-hydrogen) atoms. The summed E-state index contributed by atoms with van der Waals surface area (Å²) in [6.07, 6.45) is 0.0874. The van der Waals surface area contributed by atoms with Gasteiger partial charge in [0.05, 0.1) is 6.10 Å². The Labute approximate surface area is 147 Å². The highest BCUT2D eigenvalue weighted by molar-refractivity contribution is 6.03. The van der Waals surface area contributed by atoms with Crippen LogP contribution in [0.5, 0.6) is 5.75 Å². The summed E-state index contributed by atoms with van der Waals surface area (Å²) in [7, 11) is 0. The van der Waals surface area contributed by atoms with Gasteiger partial charge in [0.1, 0.15) is 17.1 Å². The minimum atomic E-state index is -0.378. The van der Waals surface area contributed by atoms with Crippen LogP contribution in [0.15, 0.2) is 42.5 Å². The summed E-state index contributed by atoms with van der Waals surface area (Å²) in [5.41, 5.74) is 1.01. The summed E-state index contributed by atoms with van der Waals surface area (Å²) in [4.78, 5) is 28.5. The summed E-state index contributed by atoms with van der Waals surface area (Å²) < 4.78 is 5.56. The van der Waals surface area contributed by atoms with Crippen molar-refractivity contribution >= 4 is 17.5 Å². The summed E-state index contributed by atoms with van der Waals surface area (Å²) >= 11 is 0. The second kappa shape index (κ2) is 8.28. The Kier molecular flexibility index (Phi) is 6.11. The zero-order valence-electron chi connectivity index (χ0n) is 14.9. The van der Waals surface area contributed by atoms with Crippen LogP contribution in [0, 0.1) is 0 Å². The molecule has 0 saturated carbocycles. The van der Waals surface area contributed by atoms with E-state index < -0.39 is 0 Å². The van der Waals surface area contributed by atoms with Crippen molar-refractivity contribution < 1.29 is 14.3 Å². The minimum absolute atomic E-state index is 0.00152. The molecule has 0 atom stereocenters. The van der Waals surface area contributed by atoms with Gasteiger partial charge in [0, 0.05) is 11.7 Å². The number of nitrogens with zero attached hydrogens (tertiary/aromatic N) is 1.